The maximum atomic E-state index is 10.9. The Morgan fingerprint density at radius 1 is 1.35 bits per heavy atom. The average Bonchev–Trinajstić information content (AvgIpc) is 2.48. The number of hydrogen-bond donors (Lipinski definition) is 1. The first-order valence-corrected chi connectivity index (χ1v) is 6.03. The first kappa shape index (κ1) is 13.5. The van der Waals surface area contributed by atoms with E-state index in [2.05, 4.69) is 10.3 Å². The molecule has 0 aliphatic heterocycles. The molecule has 6 nitrogen and oxygen atoms in total. The predicted molar refractivity (Wildman–Crippen MR) is 74.2 cm³/mol. The third-order valence-corrected chi connectivity index (χ3v) is 2.74. The molecule has 0 aliphatic rings. The standard InChI is InChI=1S/C14H12N4O2/c15-9-12-8-13(18(19)20)14(17-10-12)16-7-6-11-4-2-1-3-5-11/h1-5,8,10H,6-7H2,(H,16,17). The van der Waals surface area contributed by atoms with E-state index in [4.69, 9.17) is 5.26 Å². The number of benzene rings is 1. The van der Waals surface area contributed by atoms with Gasteiger partial charge in [0.2, 0.25) is 5.82 Å². The van der Waals surface area contributed by atoms with E-state index in [9.17, 15) is 10.1 Å². The minimum Gasteiger partial charge on any atom is -0.364 e. The molecule has 0 radical (unpaired) electrons. The van der Waals surface area contributed by atoms with Crippen molar-refractivity contribution in [1.29, 1.82) is 5.26 Å². The summed E-state index contributed by atoms with van der Waals surface area (Å²) in [6.45, 7) is 0.532. The van der Waals surface area contributed by atoms with E-state index in [1.54, 1.807) is 0 Å². The van der Waals surface area contributed by atoms with Gasteiger partial charge in [-0.1, -0.05) is 30.3 Å². The van der Waals surface area contributed by atoms with Crippen molar-refractivity contribution in [3.8, 4) is 6.07 Å². The summed E-state index contributed by atoms with van der Waals surface area (Å²) in [6, 6.07) is 12.9. The first-order chi connectivity index (χ1) is 9.70. The van der Waals surface area contributed by atoms with Crippen molar-refractivity contribution in [3.63, 3.8) is 0 Å². The molecule has 20 heavy (non-hydrogen) atoms. The predicted octanol–water partition coefficient (Wildman–Crippen LogP) is 2.52. The lowest BCUT2D eigenvalue weighted by Gasteiger charge is -2.06. The zero-order valence-corrected chi connectivity index (χ0v) is 10.6. The van der Waals surface area contributed by atoms with Crippen LogP contribution in [0.1, 0.15) is 11.1 Å². The van der Waals surface area contributed by atoms with Crippen molar-refractivity contribution < 1.29 is 4.92 Å². The fraction of sp³-hybridized carbons (Fsp3) is 0.143. The molecule has 0 atom stereocenters. The number of nitrogens with zero attached hydrogens (tertiary/aromatic N) is 3. The molecule has 2 aromatic rings. The van der Waals surface area contributed by atoms with Gasteiger partial charge in [-0.05, 0) is 12.0 Å². The van der Waals surface area contributed by atoms with Crippen LogP contribution in [0.4, 0.5) is 11.5 Å². The second kappa shape index (κ2) is 6.29. The van der Waals surface area contributed by atoms with Crippen LogP contribution in [0.2, 0.25) is 0 Å². The van der Waals surface area contributed by atoms with Crippen LogP contribution in [0.5, 0.6) is 0 Å². The molecule has 100 valence electrons. The Labute approximate surface area is 115 Å². The Morgan fingerprint density at radius 3 is 2.75 bits per heavy atom. The Bertz CT molecular complexity index is 650. The van der Waals surface area contributed by atoms with E-state index >= 15 is 0 Å². The average molecular weight is 268 g/mol. The summed E-state index contributed by atoms with van der Waals surface area (Å²) in [7, 11) is 0. The largest absolute Gasteiger partial charge is 0.364 e. The lowest BCUT2D eigenvalue weighted by molar-refractivity contribution is -0.384. The van der Waals surface area contributed by atoms with Gasteiger partial charge in [-0.2, -0.15) is 5.26 Å². The number of pyridine rings is 1. The summed E-state index contributed by atoms with van der Waals surface area (Å²) < 4.78 is 0. The molecule has 1 N–H and O–H groups in total. The van der Waals surface area contributed by atoms with Gasteiger partial charge >= 0.3 is 5.69 Å². The minimum atomic E-state index is -0.543. The van der Waals surface area contributed by atoms with E-state index < -0.39 is 4.92 Å². The monoisotopic (exact) mass is 268 g/mol. The van der Waals surface area contributed by atoms with Crippen LogP contribution in [0.3, 0.4) is 0 Å². The number of nitriles is 1. The molecule has 0 fully saturated rings. The Hall–Kier alpha value is -2.94. The summed E-state index contributed by atoms with van der Waals surface area (Å²) in [5.41, 5.74) is 1.12. The number of hydrogen-bond acceptors (Lipinski definition) is 5. The van der Waals surface area contributed by atoms with Gasteiger partial charge in [-0.25, -0.2) is 4.98 Å². The molecule has 1 aromatic heterocycles. The highest BCUT2D eigenvalue weighted by molar-refractivity contribution is 5.58. The highest BCUT2D eigenvalue weighted by Crippen LogP contribution is 2.22. The van der Waals surface area contributed by atoms with Crippen molar-refractivity contribution in [3.05, 3.63) is 63.8 Å². The van der Waals surface area contributed by atoms with Crippen LogP contribution in [-0.2, 0) is 6.42 Å². The van der Waals surface area contributed by atoms with Gasteiger partial charge in [0.25, 0.3) is 0 Å². The third-order valence-electron chi connectivity index (χ3n) is 2.74. The normalized spacial score (nSPS) is 9.75. The van der Waals surface area contributed by atoms with Gasteiger partial charge < -0.3 is 5.32 Å². The van der Waals surface area contributed by atoms with Crippen molar-refractivity contribution in [2.45, 2.75) is 6.42 Å². The second-order valence-corrected chi connectivity index (χ2v) is 4.12. The summed E-state index contributed by atoms with van der Waals surface area (Å²) >= 11 is 0. The summed E-state index contributed by atoms with van der Waals surface area (Å²) in [4.78, 5) is 14.3. The smallest absolute Gasteiger partial charge is 0.312 e. The molecular weight excluding hydrogens is 256 g/mol. The van der Waals surface area contributed by atoms with Gasteiger partial charge in [0.15, 0.2) is 0 Å². The van der Waals surface area contributed by atoms with Crippen LogP contribution >= 0.6 is 0 Å². The quantitative estimate of drug-likeness (QED) is 0.664. The fourth-order valence-electron chi connectivity index (χ4n) is 1.76. The van der Waals surface area contributed by atoms with Crippen molar-refractivity contribution in [2.24, 2.45) is 0 Å². The van der Waals surface area contributed by atoms with Crippen LogP contribution in [0, 0.1) is 21.4 Å². The number of aromatic nitrogens is 1. The van der Waals surface area contributed by atoms with Crippen LogP contribution < -0.4 is 5.32 Å². The van der Waals surface area contributed by atoms with E-state index in [-0.39, 0.29) is 17.1 Å². The molecule has 6 heteroatoms. The van der Waals surface area contributed by atoms with Crippen LogP contribution in [-0.4, -0.2) is 16.5 Å². The molecular formula is C14H12N4O2. The minimum absolute atomic E-state index is 0.172. The Morgan fingerprint density at radius 2 is 2.10 bits per heavy atom. The maximum Gasteiger partial charge on any atom is 0.312 e. The molecule has 1 heterocycles. The summed E-state index contributed by atoms with van der Waals surface area (Å²) in [5, 5.41) is 22.6. The molecule has 0 amide bonds. The molecule has 2 rings (SSSR count). The maximum absolute atomic E-state index is 10.9. The molecule has 0 saturated heterocycles. The zero-order chi connectivity index (χ0) is 14.4. The van der Waals surface area contributed by atoms with Crippen LogP contribution in [0.15, 0.2) is 42.6 Å². The van der Waals surface area contributed by atoms with Gasteiger partial charge in [-0.3, -0.25) is 10.1 Å². The van der Waals surface area contributed by atoms with E-state index in [1.165, 1.54) is 12.3 Å². The molecule has 0 spiro atoms. The summed E-state index contributed by atoms with van der Waals surface area (Å²) in [5.74, 6) is 0.185. The van der Waals surface area contributed by atoms with Crippen LogP contribution in [0.25, 0.3) is 0 Å². The van der Waals surface area contributed by atoms with Gasteiger partial charge in [0.1, 0.15) is 6.07 Å². The number of rotatable bonds is 5. The number of nitro groups is 1. The van der Waals surface area contributed by atoms with Crippen molar-refractivity contribution >= 4 is 11.5 Å². The van der Waals surface area contributed by atoms with Crippen molar-refractivity contribution in [2.75, 3.05) is 11.9 Å². The molecule has 0 unspecified atom stereocenters. The Balaban J connectivity index is 2.06. The molecule has 1 aromatic carbocycles. The first-order valence-electron chi connectivity index (χ1n) is 6.03. The summed E-state index contributed by atoms with van der Waals surface area (Å²) in [6.07, 6.45) is 2.05. The van der Waals surface area contributed by atoms with Crippen molar-refractivity contribution in [1.82, 2.24) is 4.98 Å². The zero-order valence-electron chi connectivity index (χ0n) is 10.6. The van der Waals surface area contributed by atoms with E-state index in [0.717, 1.165) is 12.0 Å². The molecule has 0 aliphatic carbocycles. The highest BCUT2D eigenvalue weighted by Gasteiger charge is 2.15. The SMILES string of the molecule is N#Cc1cnc(NCCc2ccccc2)c([N+](=O)[O-])c1. The number of nitrogens with one attached hydrogen (secondary N) is 1. The highest BCUT2D eigenvalue weighted by atomic mass is 16.6. The molecule has 0 saturated carbocycles. The third kappa shape index (κ3) is 3.29. The van der Waals surface area contributed by atoms with Gasteiger partial charge in [0, 0.05) is 18.8 Å². The number of anilines is 1. The van der Waals surface area contributed by atoms with E-state index in [0.29, 0.717) is 6.54 Å². The van der Waals surface area contributed by atoms with E-state index in [1.807, 2.05) is 36.4 Å². The Kier molecular flexibility index (Phi) is 4.24. The lowest BCUT2D eigenvalue weighted by atomic mass is 10.1. The lowest BCUT2D eigenvalue weighted by Crippen LogP contribution is -2.08. The van der Waals surface area contributed by atoms with Gasteiger partial charge in [-0.15, -0.1) is 0 Å². The van der Waals surface area contributed by atoms with Gasteiger partial charge in [0.05, 0.1) is 10.5 Å². The topological polar surface area (TPSA) is 91.8 Å². The molecule has 0 bridgehead atoms. The fourth-order valence-corrected chi connectivity index (χ4v) is 1.76. The second-order valence-electron chi connectivity index (χ2n) is 4.12.